The van der Waals surface area contributed by atoms with Crippen molar-refractivity contribution >= 4 is 36.6 Å². The Bertz CT molecular complexity index is 745. The van der Waals surface area contributed by atoms with E-state index in [1.54, 1.807) is 0 Å². The highest BCUT2D eigenvalue weighted by atomic mass is 35.5. The van der Waals surface area contributed by atoms with Crippen molar-refractivity contribution in [3.8, 4) is 0 Å². The maximum atomic E-state index is 4.84. The molecular weight excluding hydrogens is 397 g/mol. The van der Waals surface area contributed by atoms with Gasteiger partial charge >= 0.3 is 0 Å². The average molecular weight is 426 g/mol. The smallest absolute Gasteiger partial charge is 0.225 e. The number of anilines is 2. The van der Waals surface area contributed by atoms with E-state index < -0.39 is 0 Å². The van der Waals surface area contributed by atoms with E-state index in [4.69, 9.17) is 9.97 Å². The molecule has 4 rings (SSSR count). The summed E-state index contributed by atoms with van der Waals surface area (Å²) in [7, 11) is 0. The second-order valence-corrected chi connectivity index (χ2v) is 7.00. The van der Waals surface area contributed by atoms with Gasteiger partial charge in [0.05, 0.1) is 5.69 Å². The summed E-state index contributed by atoms with van der Waals surface area (Å²) in [5.74, 6) is 2.79. The van der Waals surface area contributed by atoms with Gasteiger partial charge in [-0.05, 0) is 31.9 Å². The molecule has 1 unspecified atom stereocenters. The molecule has 0 saturated carbocycles. The normalized spacial score (nSPS) is 18.9. The number of piperidine rings is 1. The standard InChI is InChI=1S/C19H27N7.2ClH/c1-2-17-24-16-7-11-20-10-6-15(16)18(25-17)23-14-5-3-12-26(13-14)19-21-8-4-9-22-19;;/h4,8-9,14,20H,2-3,5-7,10-13H2,1H3,(H,23,24,25);2*1H. The van der Waals surface area contributed by atoms with Crippen molar-refractivity contribution in [3.63, 3.8) is 0 Å². The molecule has 2 aliphatic heterocycles. The summed E-state index contributed by atoms with van der Waals surface area (Å²) in [5, 5.41) is 7.21. The van der Waals surface area contributed by atoms with Gasteiger partial charge in [0.1, 0.15) is 11.6 Å². The van der Waals surface area contributed by atoms with Gasteiger partial charge in [0.25, 0.3) is 0 Å². The van der Waals surface area contributed by atoms with Gasteiger partial charge in [0.15, 0.2) is 0 Å². The number of hydrogen-bond donors (Lipinski definition) is 2. The van der Waals surface area contributed by atoms with Crippen molar-refractivity contribution in [2.24, 2.45) is 0 Å². The summed E-state index contributed by atoms with van der Waals surface area (Å²) in [6, 6.07) is 2.21. The Balaban J connectivity index is 0.00000140. The number of hydrogen-bond acceptors (Lipinski definition) is 7. The summed E-state index contributed by atoms with van der Waals surface area (Å²) >= 11 is 0. The molecule has 0 bridgehead atoms. The fourth-order valence-corrected chi connectivity index (χ4v) is 3.80. The monoisotopic (exact) mass is 425 g/mol. The zero-order valence-electron chi connectivity index (χ0n) is 16.2. The highest BCUT2D eigenvalue weighted by Gasteiger charge is 2.24. The number of aryl methyl sites for hydroxylation is 1. The number of halogens is 2. The number of nitrogens with one attached hydrogen (secondary N) is 2. The highest BCUT2D eigenvalue weighted by molar-refractivity contribution is 5.85. The molecule has 2 aromatic rings. The van der Waals surface area contributed by atoms with E-state index in [1.807, 2.05) is 18.5 Å². The van der Waals surface area contributed by atoms with Crippen molar-refractivity contribution in [2.45, 2.75) is 45.1 Å². The van der Waals surface area contributed by atoms with Crippen molar-refractivity contribution in [3.05, 3.63) is 35.5 Å². The maximum absolute atomic E-state index is 4.84. The molecular formula is C19H29Cl2N7. The van der Waals surface area contributed by atoms with Crippen LogP contribution in [-0.4, -0.2) is 52.2 Å². The summed E-state index contributed by atoms with van der Waals surface area (Å²) in [6.07, 6.45) is 8.72. The lowest BCUT2D eigenvalue weighted by atomic mass is 10.0. The average Bonchev–Trinajstić information content (AvgIpc) is 2.94. The third kappa shape index (κ3) is 5.21. The van der Waals surface area contributed by atoms with Gasteiger partial charge in [-0.25, -0.2) is 19.9 Å². The lowest BCUT2D eigenvalue weighted by Crippen LogP contribution is -2.43. The quantitative estimate of drug-likeness (QED) is 0.778. The Kier molecular flexibility index (Phi) is 8.66. The molecule has 0 aromatic carbocycles. The van der Waals surface area contributed by atoms with Gasteiger partial charge < -0.3 is 15.5 Å². The second kappa shape index (κ2) is 10.7. The molecule has 2 N–H and O–H groups in total. The van der Waals surface area contributed by atoms with E-state index >= 15 is 0 Å². The van der Waals surface area contributed by atoms with E-state index in [9.17, 15) is 0 Å². The summed E-state index contributed by atoms with van der Waals surface area (Å²) in [4.78, 5) is 20.7. The first-order valence-corrected chi connectivity index (χ1v) is 9.71. The fraction of sp³-hybridized carbons (Fsp3) is 0.579. The SMILES string of the molecule is CCc1nc2c(c(NC3CCCN(c4ncccn4)C3)n1)CCNCC2.Cl.Cl. The molecule has 28 heavy (non-hydrogen) atoms. The first-order chi connectivity index (χ1) is 12.8. The molecule has 0 aliphatic carbocycles. The zero-order valence-corrected chi connectivity index (χ0v) is 17.9. The van der Waals surface area contributed by atoms with Crippen LogP contribution < -0.4 is 15.5 Å². The molecule has 0 spiro atoms. The lowest BCUT2D eigenvalue weighted by Gasteiger charge is -2.33. The fourth-order valence-electron chi connectivity index (χ4n) is 3.80. The van der Waals surface area contributed by atoms with Gasteiger partial charge in [-0.2, -0.15) is 0 Å². The third-order valence-electron chi connectivity index (χ3n) is 5.14. The van der Waals surface area contributed by atoms with E-state index in [1.165, 1.54) is 11.3 Å². The Hall–Kier alpha value is -1.70. The highest BCUT2D eigenvalue weighted by Crippen LogP contribution is 2.24. The minimum atomic E-state index is 0. The van der Waals surface area contributed by atoms with Crippen LogP contribution in [0.5, 0.6) is 0 Å². The molecule has 2 aliphatic rings. The maximum Gasteiger partial charge on any atom is 0.225 e. The summed E-state index contributed by atoms with van der Waals surface area (Å²) in [5.41, 5.74) is 2.50. The zero-order chi connectivity index (χ0) is 17.8. The van der Waals surface area contributed by atoms with Crippen LogP contribution in [0.1, 0.15) is 36.8 Å². The predicted molar refractivity (Wildman–Crippen MR) is 117 cm³/mol. The molecule has 154 valence electrons. The molecule has 9 heteroatoms. The van der Waals surface area contributed by atoms with Gasteiger partial charge in [0.2, 0.25) is 5.95 Å². The van der Waals surface area contributed by atoms with Crippen LogP contribution in [0.2, 0.25) is 0 Å². The Morgan fingerprint density at radius 1 is 1.14 bits per heavy atom. The van der Waals surface area contributed by atoms with Gasteiger partial charge in [-0.1, -0.05) is 6.92 Å². The Morgan fingerprint density at radius 2 is 1.93 bits per heavy atom. The number of rotatable bonds is 4. The van der Waals surface area contributed by atoms with Crippen LogP contribution >= 0.6 is 24.8 Å². The van der Waals surface area contributed by atoms with E-state index in [0.717, 1.165) is 75.9 Å². The Morgan fingerprint density at radius 3 is 2.71 bits per heavy atom. The van der Waals surface area contributed by atoms with E-state index in [2.05, 4.69) is 32.4 Å². The Labute approximate surface area is 179 Å². The van der Waals surface area contributed by atoms with Crippen molar-refractivity contribution in [2.75, 3.05) is 36.4 Å². The van der Waals surface area contributed by atoms with Crippen molar-refractivity contribution in [1.29, 1.82) is 0 Å². The number of nitrogens with zero attached hydrogens (tertiary/aromatic N) is 5. The van der Waals surface area contributed by atoms with Crippen LogP contribution in [0.4, 0.5) is 11.8 Å². The topological polar surface area (TPSA) is 78.9 Å². The number of fused-ring (bicyclic) bond motifs is 1. The molecule has 1 saturated heterocycles. The van der Waals surface area contributed by atoms with Crippen LogP contribution in [0.15, 0.2) is 18.5 Å². The van der Waals surface area contributed by atoms with Crippen LogP contribution in [0, 0.1) is 0 Å². The molecule has 1 atom stereocenters. The first-order valence-electron chi connectivity index (χ1n) is 9.71. The molecule has 2 aromatic heterocycles. The second-order valence-electron chi connectivity index (χ2n) is 7.00. The van der Waals surface area contributed by atoms with Gasteiger partial charge in [-0.3, -0.25) is 0 Å². The van der Waals surface area contributed by atoms with Crippen LogP contribution in [-0.2, 0) is 19.3 Å². The van der Waals surface area contributed by atoms with Gasteiger partial charge in [0, 0.05) is 56.5 Å². The molecule has 0 radical (unpaired) electrons. The van der Waals surface area contributed by atoms with E-state index in [0.29, 0.717) is 6.04 Å². The van der Waals surface area contributed by atoms with E-state index in [-0.39, 0.29) is 24.8 Å². The van der Waals surface area contributed by atoms with Crippen LogP contribution in [0.25, 0.3) is 0 Å². The predicted octanol–water partition coefficient (Wildman–Crippen LogP) is 2.44. The van der Waals surface area contributed by atoms with Crippen molar-refractivity contribution < 1.29 is 0 Å². The summed E-state index contributed by atoms with van der Waals surface area (Å²) < 4.78 is 0. The van der Waals surface area contributed by atoms with Crippen molar-refractivity contribution in [1.82, 2.24) is 25.3 Å². The van der Waals surface area contributed by atoms with Crippen LogP contribution in [0.3, 0.4) is 0 Å². The lowest BCUT2D eigenvalue weighted by molar-refractivity contribution is 0.521. The first kappa shape index (κ1) is 22.6. The molecule has 1 fully saturated rings. The third-order valence-corrected chi connectivity index (χ3v) is 5.14. The molecule has 4 heterocycles. The largest absolute Gasteiger partial charge is 0.365 e. The molecule has 7 nitrogen and oxygen atoms in total. The molecule has 0 amide bonds. The minimum absolute atomic E-state index is 0. The minimum Gasteiger partial charge on any atom is -0.365 e. The number of aromatic nitrogens is 4. The summed E-state index contributed by atoms with van der Waals surface area (Å²) in [6.45, 7) is 6.02. The van der Waals surface area contributed by atoms with Gasteiger partial charge in [-0.15, -0.1) is 24.8 Å².